The molecule has 0 aliphatic carbocycles. The molecule has 0 N–H and O–H groups in total. The Bertz CT molecular complexity index is 1010. The summed E-state index contributed by atoms with van der Waals surface area (Å²) in [6.45, 7) is 7.23. The highest BCUT2D eigenvalue weighted by molar-refractivity contribution is 6.61. The molecule has 5 nitrogen and oxygen atoms in total. The second kappa shape index (κ2) is 5.14. The molecule has 1 aliphatic rings. The average Bonchev–Trinajstić information content (AvgIpc) is 3.02. The maximum absolute atomic E-state index is 8.47. The fourth-order valence-electron chi connectivity index (χ4n) is 1.89. The molecule has 0 bridgehead atoms. The van der Waals surface area contributed by atoms with Gasteiger partial charge in [-0.05, 0) is 51.9 Å². The second-order valence-corrected chi connectivity index (χ2v) is 5.91. The van der Waals surface area contributed by atoms with Crippen LogP contribution < -0.4 is 10.3 Å². The molecular formula is C16H21BN2O3. The van der Waals surface area contributed by atoms with Crippen molar-refractivity contribution in [3.8, 4) is 11.4 Å². The van der Waals surface area contributed by atoms with Crippen molar-refractivity contribution in [2.75, 3.05) is 7.04 Å². The van der Waals surface area contributed by atoms with Gasteiger partial charge in [0.05, 0.1) is 41.1 Å². The number of ether oxygens (including phenoxy) is 1. The van der Waals surface area contributed by atoms with Crippen LogP contribution in [0.25, 0.3) is 5.69 Å². The van der Waals surface area contributed by atoms with Crippen LogP contribution in [0, 0.1) is 0 Å². The molecule has 1 fully saturated rings. The summed E-state index contributed by atoms with van der Waals surface area (Å²) in [6, 6.07) is -2.87. The van der Waals surface area contributed by atoms with Gasteiger partial charge in [-0.15, -0.1) is 0 Å². The molecule has 0 atom stereocenters. The molecule has 3 rings (SSSR count). The maximum atomic E-state index is 8.47. The molecule has 0 saturated carbocycles. The van der Waals surface area contributed by atoms with Crippen molar-refractivity contribution in [3.63, 3.8) is 0 Å². The van der Waals surface area contributed by atoms with Gasteiger partial charge < -0.3 is 18.6 Å². The number of rotatable bonds is 3. The van der Waals surface area contributed by atoms with Crippen LogP contribution in [0.2, 0.25) is 0 Å². The second-order valence-electron chi connectivity index (χ2n) is 5.91. The van der Waals surface area contributed by atoms with Crippen LogP contribution in [0.1, 0.15) is 40.0 Å². The third-order valence-corrected chi connectivity index (χ3v) is 3.89. The lowest BCUT2D eigenvalue weighted by Crippen LogP contribution is -2.41. The Balaban J connectivity index is 2.16. The monoisotopic (exact) mass is 309 g/mol. The van der Waals surface area contributed by atoms with Crippen molar-refractivity contribution in [1.82, 2.24) is 9.55 Å². The van der Waals surface area contributed by atoms with Crippen LogP contribution in [-0.2, 0) is 9.31 Å². The fraction of sp³-hybridized carbons (Fsp3) is 0.438. The third kappa shape index (κ3) is 2.53. The van der Waals surface area contributed by atoms with E-state index in [9.17, 15) is 0 Å². The molecule has 22 heavy (non-hydrogen) atoms. The molecule has 2 aromatic rings. The van der Waals surface area contributed by atoms with E-state index in [1.165, 1.54) is 0 Å². The number of hydrogen-bond donors (Lipinski definition) is 0. The average molecular weight is 309 g/mol. The molecule has 1 aliphatic heterocycles. The number of aromatic nitrogens is 2. The van der Waals surface area contributed by atoms with Gasteiger partial charge in [-0.1, -0.05) is 0 Å². The van der Waals surface area contributed by atoms with Crippen LogP contribution in [-0.4, -0.2) is 34.9 Å². The first kappa shape index (κ1) is 7.66. The maximum Gasteiger partial charge on any atom is 0.516 e. The van der Waals surface area contributed by atoms with E-state index < -0.39 is 73.4 Å². The minimum absolute atomic E-state index is 0.0525. The predicted octanol–water partition coefficient (Wildman–Crippen LogP) is 2.18. The highest BCUT2D eigenvalue weighted by Gasteiger charge is 2.52. The molecule has 6 heteroatoms. The molecule has 0 spiro atoms. The lowest BCUT2D eigenvalue weighted by atomic mass is 9.86. The van der Waals surface area contributed by atoms with Gasteiger partial charge in [-0.3, -0.25) is 0 Å². The van der Waals surface area contributed by atoms with Gasteiger partial charge in [0.25, 0.3) is 0 Å². The summed E-state index contributed by atoms with van der Waals surface area (Å²) in [5.74, 6) is -0.747. The molecule has 0 unspecified atom stereocenters. The third-order valence-electron chi connectivity index (χ3n) is 3.89. The number of methoxy groups -OCH3 is 1. The van der Waals surface area contributed by atoms with Crippen molar-refractivity contribution < 1.29 is 26.4 Å². The van der Waals surface area contributed by atoms with Crippen molar-refractivity contribution in [2.45, 2.75) is 38.9 Å². The Kier molecular flexibility index (Phi) is 1.79. The summed E-state index contributed by atoms with van der Waals surface area (Å²) in [5, 5.41) is 0. The minimum atomic E-state index is -2.98. The van der Waals surface area contributed by atoms with Crippen LogP contribution in [0.15, 0.2) is 36.6 Å². The Morgan fingerprint density at radius 1 is 1.18 bits per heavy atom. The molecule has 1 aromatic heterocycles. The molecule has 0 amide bonds. The molecule has 116 valence electrons. The first-order valence-electron chi connectivity index (χ1n) is 11.2. The highest BCUT2D eigenvalue weighted by atomic mass is 16.7. The van der Waals surface area contributed by atoms with Crippen LogP contribution in [0.3, 0.4) is 0 Å². The Morgan fingerprint density at radius 2 is 1.82 bits per heavy atom. The van der Waals surface area contributed by atoms with E-state index in [1.54, 1.807) is 27.7 Å². The van der Waals surface area contributed by atoms with Gasteiger partial charge in [-0.25, -0.2) is 4.98 Å². The molecule has 1 saturated heterocycles. The lowest BCUT2D eigenvalue weighted by molar-refractivity contribution is 0.00578. The highest BCUT2D eigenvalue weighted by Crippen LogP contribution is 2.36. The van der Waals surface area contributed by atoms with E-state index in [4.69, 9.17) is 21.6 Å². The van der Waals surface area contributed by atoms with Crippen LogP contribution in [0.5, 0.6) is 5.75 Å². The van der Waals surface area contributed by atoms with Gasteiger partial charge in [0.1, 0.15) is 7.12 Å². The van der Waals surface area contributed by atoms with E-state index in [2.05, 4.69) is 9.72 Å². The SMILES string of the molecule is [2H]c1c([2H])c(-n2c([2H])nc(B3OC(C)(C)C(C)(C)O3)c2[2H])c([2H])c([2H])c1OC([2H])([2H])[2H]. The molecule has 0 radical (unpaired) electrons. The molecular weight excluding hydrogens is 279 g/mol. The first-order valence-corrected chi connectivity index (χ1v) is 6.69. The normalized spacial score (nSPS) is 25.8. The molecule has 2 heterocycles. The zero-order chi connectivity index (χ0) is 23.7. The lowest BCUT2D eigenvalue weighted by Gasteiger charge is -2.32. The van der Waals surface area contributed by atoms with Crippen molar-refractivity contribution in [3.05, 3.63) is 36.6 Å². The summed E-state index contributed by atoms with van der Waals surface area (Å²) in [7, 11) is -4.05. The van der Waals surface area contributed by atoms with E-state index >= 15 is 0 Å². The minimum Gasteiger partial charge on any atom is -0.497 e. The number of imidazole rings is 1. The zero-order valence-electron chi connectivity index (χ0n) is 21.7. The number of benzene rings is 1. The topological polar surface area (TPSA) is 45.5 Å². The van der Waals surface area contributed by atoms with Crippen molar-refractivity contribution in [1.29, 1.82) is 0 Å². The number of hydrogen-bond acceptors (Lipinski definition) is 4. The van der Waals surface area contributed by atoms with E-state index in [0.29, 0.717) is 0 Å². The van der Waals surface area contributed by atoms with Crippen LogP contribution in [0.4, 0.5) is 0 Å². The van der Waals surface area contributed by atoms with Gasteiger partial charge in [0.15, 0.2) is 0 Å². The zero-order valence-corrected chi connectivity index (χ0v) is 12.7. The van der Waals surface area contributed by atoms with Gasteiger partial charge in [-0.2, -0.15) is 0 Å². The van der Waals surface area contributed by atoms with Gasteiger partial charge in [0.2, 0.25) is 0 Å². The van der Waals surface area contributed by atoms with Gasteiger partial charge >= 0.3 is 7.12 Å². The van der Waals surface area contributed by atoms with Gasteiger partial charge in [0, 0.05) is 11.9 Å². The summed E-state index contributed by atoms with van der Waals surface area (Å²) >= 11 is 0. The quantitative estimate of drug-likeness (QED) is 0.815. The van der Waals surface area contributed by atoms with Crippen LogP contribution >= 0.6 is 0 Å². The van der Waals surface area contributed by atoms with Crippen molar-refractivity contribution in [2.24, 2.45) is 0 Å². The summed E-state index contributed by atoms with van der Waals surface area (Å²) < 4.78 is 87.9. The Morgan fingerprint density at radius 3 is 2.41 bits per heavy atom. The largest absolute Gasteiger partial charge is 0.516 e. The van der Waals surface area contributed by atoms with E-state index in [1.807, 2.05) is 0 Å². The first-order chi connectivity index (χ1) is 14.0. The van der Waals surface area contributed by atoms with Crippen molar-refractivity contribution >= 4 is 12.7 Å². The summed E-state index contributed by atoms with van der Waals surface area (Å²) in [6.07, 6.45) is -0.936. The van der Waals surface area contributed by atoms with E-state index in [0.717, 1.165) is 4.57 Å². The molecule has 1 aromatic carbocycles. The Hall–Kier alpha value is -1.79. The smallest absolute Gasteiger partial charge is 0.497 e. The predicted molar refractivity (Wildman–Crippen MR) is 85.8 cm³/mol. The standard InChI is InChI=1S/C16H21BN2O3/c1-15(2)16(3,4)22-17(21-15)14-10-19(11-18-14)12-6-8-13(20-5)9-7-12/h6-11H,1-5H3/i5D3,6D,7D,8D,9D,10D,11D. The summed E-state index contributed by atoms with van der Waals surface area (Å²) in [4.78, 5) is 4.00. The summed E-state index contributed by atoms with van der Waals surface area (Å²) in [5.41, 5.74) is -1.94. The Labute approximate surface area is 144 Å². The number of nitrogens with zero attached hydrogens (tertiary/aromatic N) is 2. The fourth-order valence-corrected chi connectivity index (χ4v) is 1.89. The van der Waals surface area contributed by atoms with E-state index in [-0.39, 0.29) is 5.59 Å².